The molecule has 0 fully saturated rings. The van der Waals surface area contributed by atoms with Gasteiger partial charge in [-0.15, -0.1) is 0 Å². The normalized spacial score (nSPS) is 13.5. The van der Waals surface area contributed by atoms with Gasteiger partial charge in [-0.25, -0.2) is 0 Å². The van der Waals surface area contributed by atoms with Crippen LogP contribution in [-0.2, 0) is 6.54 Å². The summed E-state index contributed by atoms with van der Waals surface area (Å²) < 4.78 is 1.87. The Morgan fingerprint density at radius 1 is 1.60 bits per heavy atom. The Hall–Kier alpha value is -0.190. The van der Waals surface area contributed by atoms with Gasteiger partial charge in [-0.1, -0.05) is 25.4 Å². The summed E-state index contributed by atoms with van der Waals surface area (Å²) in [5.74, 6) is 0.878. The number of halogens is 1. The Balaban J connectivity index is 2.71. The average Bonchev–Trinajstić information content (AvgIpc) is 2.56. The quantitative estimate of drug-likeness (QED) is 0.870. The molecule has 0 amide bonds. The van der Waals surface area contributed by atoms with E-state index in [4.69, 9.17) is 17.3 Å². The Bertz CT molecular complexity index is 312. The second-order valence-electron chi connectivity index (χ2n) is 3.68. The predicted octanol–water partition coefficient (Wildman–Crippen LogP) is 2.70. The second-order valence-corrected chi connectivity index (χ2v) is 5.70. The van der Waals surface area contributed by atoms with Crippen molar-refractivity contribution >= 4 is 23.4 Å². The van der Waals surface area contributed by atoms with Crippen LogP contribution >= 0.6 is 23.4 Å². The number of hydrogen-bond donors (Lipinski definition) is 1. The SMILES string of the molecule is CCn1ncc(Cl)c1C(N)CSC(C)C. The number of aryl methyl sites for hydroxylation is 1. The predicted molar refractivity (Wildman–Crippen MR) is 67.4 cm³/mol. The number of aromatic nitrogens is 2. The van der Waals surface area contributed by atoms with Crippen LogP contribution in [0, 0.1) is 0 Å². The van der Waals surface area contributed by atoms with Crippen LogP contribution in [0.15, 0.2) is 6.20 Å². The zero-order chi connectivity index (χ0) is 11.4. The molecule has 0 saturated heterocycles. The van der Waals surface area contributed by atoms with E-state index in [0.717, 1.165) is 18.0 Å². The molecule has 0 saturated carbocycles. The average molecular weight is 248 g/mol. The van der Waals surface area contributed by atoms with Crippen molar-refractivity contribution in [2.45, 2.75) is 38.6 Å². The van der Waals surface area contributed by atoms with Crippen LogP contribution in [0.4, 0.5) is 0 Å². The van der Waals surface area contributed by atoms with Gasteiger partial charge in [-0.05, 0) is 12.2 Å². The molecule has 2 N–H and O–H groups in total. The highest BCUT2D eigenvalue weighted by Crippen LogP contribution is 2.25. The zero-order valence-corrected chi connectivity index (χ0v) is 11.0. The summed E-state index contributed by atoms with van der Waals surface area (Å²) in [4.78, 5) is 0. The Morgan fingerprint density at radius 2 is 2.27 bits per heavy atom. The lowest BCUT2D eigenvalue weighted by Gasteiger charge is -2.15. The Kier molecular flexibility index (Phi) is 4.96. The molecule has 1 atom stereocenters. The molecule has 86 valence electrons. The topological polar surface area (TPSA) is 43.8 Å². The van der Waals surface area contributed by atoms with Gasteiger partial charge in [0, 0.05) is 12.3 Å². The second kappa shape index (κ2) is 5.77. The molecule has 1 aromatic heterocycles. The van der Waals surface area contributed by atoms with Crippen molar-refractivity contribution in [3.8, 4) is 0 Å². The molecule has 0 bridgehead atoms. The van der Waals surface area contributed by atoms with E-state index in [2.05, 4.69) is 18.9 Å². The smallest absolute Gasteiger partial charge is 0.0834 e. The Morgan fingerprint density at radius 3 is 2.80 bits per heavy atom. The third-order valence-corrected chi connectivity index (χ3v) is 3.60. The van der Waals surface area contributed by atoms with Gasteiger partial charge in [0.05, 0.1) is 23.0 Å². The fraction of sp³-hybridized carbons (Fsp3) is 0.700. The van der Waals surface area contributed by atoms with E-state index in [1.54, 1.807) is 6.20 Å². The molecular weight excluding hydrogens is 230 g/mol. The molecule has 5 heteroatoms. The lowest BCUT2D eigenvalue weighted by atomic mass is 10.2. The van der Waals surface area contributed by atoms with E-state index in [1.165, 1.54) is 0 Å². The minimum absolute atomic E-state index is 0.0349. The largest absolute Gasteiger partial charge is 0.322 e. The number of thioether (sulfide) groups is 1. The lowest BCUT2D eigenvalue weighted by Crippen LogP contribution is -2.19. The highest BCUT2D eigenvalue weighted by molar-refractivity contribution is 7.99. The maximum absolute atomic E-state index is 6.10. The van der Waals surface area contributed by atoms with Crippen molar-refractivity contribution in [3.63, 3.8) is 0 Å². The van der Waals surface area contributed by atoms with Crippen LogP contribution in [0.2, 0.25) is 5.02 Å². The van der Waals surface area contributed by atoms with Crippen molar-refractivity contribution in [3.05, 3.63) is 16.9 Å². The molecule has 0 aliphatic rings. The van der Waals surface area contributed by atoms with Gasteiger partial charge in [0.2, 0.25) is 0 Å². The minimum Gasteiger partial charge on any atom is -0.322 e. The van der Waals surface area contributed by atoms with E-state index in [0.29, 0.717) is 10.3 Å². The molecule has 3 nitrogen and oxygen atoms in total. The van der Waals surface area contributed by atoms with Crippen LogP contribution in [0.3, 0.4) is 0 Å². The lowest BCUT2D eigenvalue weighted by molar-refractivity contribution is 0.592. The third-order valence-electron chi connectivity index (χ3n) is 2.09. The van der Waals surface area contributed by atoms with Gasteiger partial charge in [0.1, 0.15) is 0 Å². The Labute approximate surface area is 100 Å². The molecule has 1 aromatic rings. The molecule has 15 heavy (non-hydrogen) atoms. The first-order valence-electron chi connectivity index (χ1n) is 5.14. The fourth-order valence-corrected chi connectivity index (χ4v) is 2.40. The van der Waals surface area contributed by atoms with E-state index in [1.807, 2.05) is 23.4 Å². The van der Waals surface area contributed by atoms with Crippen LogP contribution in [0.5, 0.6) is 0 Å². The summed E-state index contributed by atoms with van der Waals surface area (Å²) in [6, 6.07) is -0.0349. The summed E-state index contributed by atoms with van der Waals surface area (Å²) in [7, 11) is 0. The zero-order valence-electron chi connectivity index (χ0n) is 9.40. The van der Waals surface area contributed by atoms with Gasteiger partial charge in [-0.3, -0.25) is 4.68 Å². The van der Waals surface area contributed by atoms with Crippen molar-refractivity contribution < 1.29 is 0 Å². The highest BCUT2D eigenvalue weighted by atomic mass is 35.5. The van der Waals surface area contributed by atoms with Crippen LogP contribution in [0.1, 0.15) is 32.5 Å². The van der Waals surface area contributed by atoms with Gasteiger partial charge in [0.15, 0.2) is 0 Å². The molecule has 1 heterocycles. The summed E-state index contributed by atoms with van der Waals surface area (Å²) in [5, 5.41) is 5.44. The number of rotatable bonds is 5. The number of nitrogens with zero attached hydrogens (tertiary/aromatic N) is 2. The first-order chi connectivity index (χ1) is 7.06. The molecule has 0 aliphatic heterocycles. The monoisotopic (exact) mass is 247 g/mol. The molecule has 1 unspecified atom stereocenters. The summed E-state index contributed by atoms with van der Waals surface area (Å²) in [5.41, 5.74) is 7.05. The van der Waals surface area contributed by atoms with E-state index in [-0.39, 0.29) is 6.04 Å². The minimum atomic E-state index is -0.0349. The first kappa shape index (κ1) is 12.9. The molecular formula is C10H18ClN3S. The standard InChI is InChI=1S/C10H18ClN3S/c1-4-14-10(8(11)5-13-14)9(12)6-15-7(2)3/h5,7,9H,4,6,12H2,1-3H3. The highest BCUT2D eigenvalue weighted by Gasteiger charge is 2.16. The summed E-state index contributed by atoms with van der Waals surface area (Å²) in [6.45, 7) is 7.17. The van der Waals surface area contributed by atoms with Gasteiger partial charge in [0.25, 0.3) is 0 Å². The van der Waals surface area contributed by atoms with Crippen LogP contribution < -0.4 is 5.73 Å². The molecule has 0 aromatic carbocycles. The van der Waals surface area contributed by atoms with Crippen molar-refractivity contribution in [2.75, 3.05) is 5.75 Å². The molecule has 1 rings (SSSR count). The van der Waals surface area contributed by atoms with E-state index >= 15 is 0 Å². The van der Waals surface area contributed by atoms with Crippen molar-refractivity contribution in [1.82, 2.24) is 9.78 Å². The van der Waals surface area contributed by atoms with E-state index < -0.39 is 0 Å². The molecule has 0 spiro atoms. The summed E-state index contributed by atoms with van der Waals surface area (Å²) >= 11 is 7.90. The maximum Gasteiger partial charge on any atom is 0.0834 e. The maximum atomic E-state index is 6.10. The van der Waals surface area contributed by atoms with Crippen LogP contribution in [0.25, 0.3) is 0 Å². The molecule has 0 radical (unpaired) electrons. The van der Waals surface area contributed by atoms with Crippen molar-refractivity contribution in [2.24, 2.45) is 5.73 Å². The third kappa shape index (κ3) is 3.40. The fourth-order valence-electron chi connectivity index (χ4n) is 1.37. The van der Waals surface area contributed by atoms with Gasteiger partial charge < -0.3 is 5.73 Å². The molecule has 0 aliphatic carbocycles. The van der Waals surface area contributed by atoms with Gasteiger partial charge in [-0.2, -0.15) is 16.9 Å². The van der Waals surface area contributed by atoms with E-state index in [9.17, 15) is 0 Å². The first-order valence-corrected chi connectivity index (χ1v) is 6.57. The number of nitrogens with two attached hydrogens (primary N) is 1. The summed E-state index contributed by atoms with van der Waals surface area (Å²) in [6.07, 6.45) is 1.67. The number of hydrogen-bond acceptors (Lipinski definition) is 3. The van der Waals surface area contributed by atoms with Crippen LogP contribution in [-0.4, -0.2) is 20.8 Å². The van der Waals surface area contributed by atoms with Crippen molar-refractivity contribution in [1.29, 1.82) is 0 Å². The van der Waals surface area contributed by atoms with Gasteiger partial charge >= 0.3 is 0 Å².